The Labute approximate surface area is 144 Å². The van der Waals surface area contributed by atoms with E-state index in [4.69, 9.17) is 9.47 Å². The van der Waals surface area contributed by atoms with Crippen molar-refractivity contribution in [1.29, 1.82) is 0 Å². The van der Waals surface area contributed by atoms with E-state index < -0.39 is 0 Å². The Morgan fingerprint density at radius 2 is 2.17 bits per heavy atom. The number of aryl methyl sites for hydroxylation is 1. The maximum atomic E-state index is 12.3. The molecule has 1 amide bonds. The van der Waals surface area contributed by atoms with Gasteiger partial charge >= 0.3 is 0 Å². The first-order valence-corrected chi connectivity index (χ1v) is 8.59. The molecule has 2 aromatic rings. The molecule has 1 saturated heterocycles. The van der Waals surface area contributed by atoms with Gasteiger partial charge in [-0.2, -0.15) is 4.68 Å². The normalized spacial score (nSPS) is 14.7. The van der Waals surface area contributed by atoms with Crippen molar-refractivity contribution in [3.63, 3.8) is 0 Å². The molecule has 3 rings (SSSR count). The van der Waals surface area contributed by atoms with Gasteiger partial charge in [-0.25, -0.2) is 0 Å². The smallest absolute Gasteiger partial charge is 0.233 e. The van der Waals surface area contributed by atoms with E-state index in [1.165, 1.54) is 11.8 Å². The summed E-state index contributed by atoms with van der Waals surface area (Å²) in [5.74, 6) is 1.03. The number of amides is 1. The van der Waals surface area contributed by atoms with Gasteiger partial charge in [-0.15, -0.1) is 5.10 Å². The summed E-state index contributed by atoms with van der Waals surface area (Å²) in [6, 6.07) is 5.78. The van der Waals surface area contributed by atoms with E-state index in [1.54, 1.807) is 16.7 Å². The molecule has 0 unspecified atom stereocenters. The largest absolute Gasteiger partial charge is 0.494 e. The summed E-state index contributed by atoms with van der Waals surface area (Å²) in [6.07, 6.45) is 0. The SMILES string of the molecule is COc1ccc(C)cc1-n1nnnc1SCC(=O)N1CCOCC1. The van der Waals surface area contributed by atoms with Crippen LogP contribution in [0.2, 0.25) is 0 Å². The number of hydrogen-bond acceptors (Lipinski definition) is 7. The Morgan fingerprint density at radius 1 is 1.38 bits per heavy atom. The summed E-state index contributed by atoms with van der Waals surface area (Å²) in [4.78, 5) is 14.1. The van der Waals surface area contributed by atoms with E-state index >= 15 is 0 Å². The molecule has 1 aromatic heterocycles. The zero-order valence-corrected chi connectivity index (χ0v) is 14.5. The molecule has 0 N–H and O–H groups in total. The number of carbonyl (C=O) groups excluding carboxylic acids is 1. The van der Waals surface area contributed by atoms with Crippen LogP contribution < -0.4 is 4.74 Å². The first-order chi connectivity index (χ1) is 11.7. The van der Waals surface area contributed by atoms with Crippen molar-refractivity contribution in [2.45, 2.75) is 12.1 Å². The number of methoxy groups -OCH3 is 1. The number of ether oxygens (including phenoxy) is 2. The van der Waals surface area contributed by atoms with Crippen molar-refractivity contribution in [1.82, 2.24) is 25.1 Å². The number of hydrogen-bond donors (Lipinski definition) is 0. The Morgan fingerprint density at radius 3 is 2.92 bits per heavy atom. The van der Waals surface area contributed by atoms with Gasteiger partial charge in [-0.1, -0.05) is 17.8 Å². The first-order valence-electron chi connectivity index (χ1n) is 7.61. The van der Waals surface area contributed by atoms with E-state index in [9.17, 15) is 4.79 Å². The predicted molar refractivity (Wildman–Crippen MR) is 88.6 cm³/mol. The number of morpholine rings is 1. The molecule has 0 bridgehead atoms. The molecule has 1 aliphatic rings. The highest BCUT2D eigenvalue weighted by molar-refractivity contribution is 7.99. The molecule has 0 spiro atoms. The van der Waals surface area contributed by atoms with Gasteiger partial charge in [-0.05, 0) is 35.0 Å². The molecule has 0 atom stereocenters. The Bertz CT molecular complexity index is 715. The van der Waals surface area contributed by atoms with Crippen LogP contribution >= 0.6 is 11.8 Å². The predicted octanol–water partition coefficient (Wildman–Crippen LogP) is 0.930. The fraction of sp³-hybridized carbons (Fsp3) is 0.467. The zero-order chi connectivity index (χ0) is 16.9. The fourth-order valence-electron chi connectivity index (χ4n) is 2.42. The third-order valence-electron chi connectivity index (χ3n) is 3.69. The van der Waals surface area contributed by atoms with E-state index in [0.717, 1.165) is 11.3 Å². The molecular formula is C15H19N5O3S. The number of carbonyl (C=O) groups is 1. The number of thioether (sulfide) groups is 1. The van der Waals surface area contributed by atoms with Crippen LogP contribution in [0, 0.1) is 6.92 Å². The van der Waals surface area contributed by atoms with Gasteiger partial charge in [0.15, 0.2) is 0 Å². The van der Waals surface area contributed by atoms with Crippen molar-refractivity contribution in [3.8, 4) is 11.4 Å². The topological polar surface area (TPSA) is 82.4 Å². The first kappa shape index (κ1) is 16.7. The summed E-state index contributed by atoms with van der Waals surface area (Å²) in [6.45, 7) is 4.44. The molecule has 1 fully saturated rings. The molecule has 2 heterocycles. The minimum atomic E-state index is 0.0639. The lowest BCUT2D eigenvalue weighted by Gasteiger charge is -2.26. The van der Waals surface area contributed by atoms with Crippen molar-refractivity contribution < 1.29 is 14.3 Å². The summed E-state index contributed by atoms with van der Waals surface area (Å²) in [7, 11) is 1.60. The lowest BCUT2D eigenvalue weighted by molar-refractivity contribution is -0.132. The molecule has 0 radical (unpaired) electrons. The fourth-order valence-corrected chi connectivity index (χ4v) is 3.20. The van der Waals surface area contributed by atoms with E-state index in [2.05, 4.69) is 15.5 Å². The van der Waals surface area contributed by atoms with Crippen molar-refractivity contribution >= 4 is 17.7 Å². The molecule has 1 aliphatic heterocycles. The second-order valence-electron chi connectivity index (χ2n) is 5.33. The van der Waals surface area contributed by atoms with Gasteiger partial charge in [0.1, 0.15) is 11.4 Å². The number of nitrogens with zero attached hydrogens (tertiary/aromatic N) is 5. The van der Waals surface area contributed by atoms with E-state index in [-0.39, 0.29) is 11.7 Å². The number of tetrazole rings is 1. The van der Waals surface area contributed by atoms with E-state index in [0.29, 0.717) is 37.2 Å². The summed E-state index contributed by atoms with van der Waals surface area (Å²) >= 11 is 1.31. The molecule has 0 aliphatic carbocycles. The van der Waals surface area contributed by atoms with Crippen LogP contribution in [0.3, 0.4) is 0 Å². The van der Waals surface area contributed by atoms with Crippen LogP contribution in [-0.4, -0.2) is 70.2 Å². The number of aromatic nitrogens is 4. The van der Waals surface area contributed by atoms with Gasteiger partial charge in [0, 0.05) is 13.1 Å². The van der Waals surface area contributed by atoms with Gasteiger partial charge in [0.2, 0.25) is 11.1 Å². The molecule has 128 valence electrons. The Balaban J connectivity index is 1.74. The highest BCUT2D eigenvalue weighted by Gasteiger charge is 2.19. The Kier molecular flexibility index (Phi) is 5.31. The van der Waals surface area contributed by atoms with Crippen LogP contribution in [0.25, 0.3) is 5.69 Å². The minimum absolute atomic E-state index is 0.0639. The Hall–Kier alpha value is -2.13. The van der Waals surface area contributed by atoms with Gasteiger partial charge in [0.05, 0.1) is 26.1 Å². The average Bonchev–Trinajstić information content (AvgIpc) is 3.08. The van der Waals surface area contributed by atoms with Gasteiger partial charge in [-0.3, -0.25) is 4.79 Å². The monoisotopic (exact) mass is 349 g/mol. The van der Waals surface area contributed by atoms with Crippen molar-refractivity contribution in [2.24, 2.45) is 0 Å². The zero-order valence-electron chi connectivity index (χ0n) is 13.6. The maximum Gasteiger partial charge on any atom is 0.233 e. The molecule has 8 nitrogen and oxygen atoms in total. The van der Waals surface area contributed by atoms with Crippen LogP contribution in [0.1, 0.15) is 5.56 Å². The highest BCUT2D eigenvalue weighted by atomic mass is 32.2. The lowest BCUT2D eigenvalue weighted by atomic mass is 10.2. The van der Waals surface area contributed by atoms with Crippen LogP contribution in [0.5, 0.6) is 5.75 Å². The molecule has 1 aromatic carbocycles. The third-order valence-corrected chi connectivity index (χ3v) is 4.60. The molecule has 24 heavy (non-hydrogen) atoms. The second kappa shape index (κ2) is 7.63. The summed E-state index contributed by atoms with van der Waals surface area (Å²) in [5, 5.41) is 12.4. The standard InChI is InChI=1S/C15H19N5O3S/c1-11-3-4-13(22-2)12(9-11)20-15(16-17-18-20)24-10-14(21)19-5-7-23-8-6-19/h3-4,9H,5-8,10H2,1-2H3. The lowest BCUT2D eigenvalue weighted by Crippen LogP contribution is -2.41. The van der Waals surface area contributed by atoms with E-state index in [1.807, 2.05) is 25.1 Å². The minimum Gasteiger partial charge on any atom is -0.494 e. The maximum absolute atomic E-state index is 12.3. The van der Waals surface area contributed by atoms with Crippen molar-refractivity contribution in [2.75, 3.05) is 39.2 Å². The summed E-state index contributed by atoms with van der Waals surface area (Å²) in [5.41, 5.74) is 1.82. The summed E-state index contributed by atoms with van der Waals surface area (Å²) < 4.78 is 12.2. The van der Waals surface area contributed by atoms with Gasteiger partial charge in [0.25, 0.3) is 0 Å². The number of benzene rings is 1. The van der Waals surface area contributed by atoms with Gasteiger partial charge < -0.3 is 14.4 Å². The molecule has 9 heteroatoms. The highest BCUT2D eigenvalue weighted by Crippen LogP contribution is 2.27. The van der Waals surface area contributed by atoms with Crippen LogP contribution in [0.15, 0.2) is 23.4 Å². The second-order valence-corrected chi connectivity index (χ2v) is 6.27. The van der Waals surface area contributed by atoms with Crippen LogP contribution in [-0.2, 0) is 9.53 Å². The quantitative estimate of drug-likeness (QED) is 0.743. The van der Waals surface area contributed by atoms with Crippen LogP contribution in [0.4, 0.5) is 0 Å². The number of rotatable bonds is 5. The average molecular weight is 349 g/mol. The van der Waals surface area contributed by atoms with Crippen molar-refractivity contribution in [3.05, 3.63) is 23.8 Å². The molecule has 0 saturated carbocycles. The molecular weight excluding hydrogens is 330 g/mol. The third kappa shape index (κ3) is 3.68.